The first-order valence-electron chi connectivity index (χ1n) is 7.04. The second-order valence-electron chi connectivity index (χ2n) is 5.25. The Morgan fingerprint density at radius 2 is 2.33 bits per heavy atom. The second-order valence-corrected chi connectivity index (χ2v) is 6.10. The number of rotatable bonds is 4. The summed E-state index contributed by atoms with van der Waals surface area (Å²) in [5.41, 5.74) is 1.01. The van der Waals surface area contributed by atoms with E-state index >= 15 is 0 Å². The zero-order valence-electron chi connectivity index (χ0n) is 11.9. The molecule has 6 nitrogen and oxygen atoms in total. The Bertz CT molecular complexity index is 588. The molecule has 3 rings (SSSR count). The number of piperidine rings is 1. The number of carbonyl (C=O) groups excluding carboxylic acids is 1. The van der Waals surface area contributed by atoms with Gasteiger partial charge < -0.3 is 9.73 Å². The molecule has 1 amide bonds. The first-order chi connectivity index (χ1) is 10.2. The molecule has 0 unspecified atom stereocenters. The SMILES string of the molecule is CC(=O)Nc1nc(CN2CCC(c3ncco3)CC2)cs1. The topological polar surface area (TPSA) is 71.3 Å². The average molecular weight is 306 g/mol. The van der Waals surface area contributed by atoms with Gasteiger partial charge in [0.25, 0.3) is 0 Å². The minimum atomic E-state index is -0.0809. The summed E-state index contributed by atoms with van der Waals surface area (Å²) in [5, 5.41) is 5.40. The van der Waals surface area contributed by atoms with Crippen LogP contribution in [-0.4, -0.2) is 33.9 Å². The number of likely N-dealkylation sites (tertiary alicyclic amines) is 1. The number of amides is 1. The third-order valence-electron chi connectivity index (χ3n) is 3.61. The Balaban J connectivity index is 1.51. The third kappa shape index (κ3) is 3.68. The molecule has 0 aliphatic carbocycles. The minimum absolute atomic E-state index is 0.0809. The summed E-state index contributed by atoms with van der Waals surface area (Å²) in [5.74, 6) is 1.21. The predicted octanol–water partition coefficient (Wildman–Crippen LogP) is 2.47. The van der Waals surface area contributed by atoms with Gasteiger partial charge >= 0.3 is 0 Å². The summed E-state index contributed by atoms with van der Waals surface area (Å²) in [6, 6.07) is 0. The van der Waals surface area contributed by atoms with Gasteiger partial charge in [-0.3, -0.25) is 9.69 Å². The highest BCUT2D eigenvalue weighted by atomic mass is 32.1. The molecule has 112 valence electrons. The maximum absolute atomic E-state index is 11.0. The van der Waals surface area contributed by atoms with E-state index in [0.29, 0.717) is 11.0 Å². The second kappa shape index (κ2) is 6.36. The summed E-state index contributed by atoms with van der Waals surface area (Å²) < 4.78 is 5.39. The van der Waals surface area contributed by atoms with Crippen LogP contribution in [0.3, 0.4) is 0 Å². The Hall–Kier alpha value is -1.73. The molecule has 0 spiro atoms. The van der Waals surface area contributed by atoms with E-state index < -0.39 is 0 Å². The molecule has 1 N–H and O–H groups in total. The maximum atomic E-state index is 11.0. The fourth-order valence-corrected chi connectivity index (χ4v) is 3.34. The average Bonchev–Trinajstić information content (AvgIpc) is 3.11. The van der Waals surface area contributed by atoms with Crippen LogP contribution in [0, 0.1) is 0 Å². The molecular formula is C14H18N4O2S. The van der Waals surface area contributed by atoms with Crippen molar-refractivity contribution in [1.29, 1.82) is 0 Å². The van der Waals surface area contributed by atoms with E-state index in [1.54, 1.807) is 12.5 Å². The van der Waals surface area contributed by atoms with Crippen LogP contribution >= 0.6 is 11.3 Å². The lowest BCUT2D eigenvalue weighted by molar-refractivity contribution is -0.114. The van der Waals surface area contributed by atoms with Gasteiger partial charge in [-0.1, -0.05) is 0 Å². The fourth-order valence-electron chi connectivity index (χ4n) is 2.59. The lowest BCUT2D eigenvalue weighted by Gasteiger charge is -2.29. The lowest BCUT2D eigenvalue weighted by Crippen LogP contribution is -2.32. The van der Waals surface area contributed by atoms with Crippen LogP contribution in [0.2, 0.25) is 0 Å². The zero-order valence-corrected chi connectivity index (χ0v) is 12.7. The van der Waals surface area contributed by atoms with Gasteiger partial charge in [0.1, 0.15) is 6.26 Å². The molecule has 21 heavy (non-hydrogen) atoms. The normalized spacial score (nSPS) is 17.0. The number of carbonyl (C=O) groups is 1. The largest absolute Gasteiger partial charge is 0.449 e. The zero-order chi connectivity index (χ0) is 14.7. The Kier molecular flexibility index (Phi) is 4.31. The number of hydrogen-bond donors (Lipinski definition) is 1. The van der Waals surface area contributed by atoms with Crippen LogP contribution < -0.4 is 5.32 Å². The van der Waals surface area contributed by atoms with Gasteiger partial charge in [0.2, 0.25) is 5.91 Å². The van der Waals surface area contributed by atoms with E-state index in [0.717, 1.165) is 44.1 Å². The Labute approximate surface area is 127 Å². The molecule has 1 saturated heterocycles. The van der Waals surface area contributed by atoms with Crippen LogP contribution in [0.4, 0.5) is 5.13 Å². The van der Waals surface area contributed by atoms with Crippen molar-refractivity contribution in [2.45, 2.75) is 32.2 Å². The van der Waals surface area contributed by atoms with Crippen LogP contribution in [0.15, 0.2) is 22.3 Å². The first-order valence-corrected chi connectivity index (χ1v) is 7.92. The molecule has 0 radical (unpaired) electrons. The molecular weight excluding hydrogens is 288 g/mol. The quantitative estimate of drug-likeness (QED) is 0.939. The number of nitrogens with zero attached hydrogens (tertiary/aromatic N) is 3. The standard InChI is InChI=1S/C14H18N4O2S/c1-10(19)16-14-17-12(9-21-14)8-18-5-2-11(3-6-18)13-15-4-7-20-13/h4,7,9,11H,2-3,5-6,8H2,1H3,(H,16,17,19). The van der Waals surface area contributed by atoms with Crippen LogP contribution in [-0.2, 0) is 11.3 Å². The number of oxazole rings is 1. The monoisotopic (exact) mass is 306 g/mol. The molecule has 1 fully saturated rings. The van der Waals surface area contributed by atoms with Gasteiger partial charge in [-0.05, 0) is 25.9 Å². The molecule has 3 heterocycles. The first kappa shape index (κ1) is 14.2. The van der Waals surface area contributed by atoms with Crippen molar-refractivity contribution in [3.05, 3.63) is 29.4 Å². The maximum Gasteiger partial charge on any atom is 0.223 e. The van der Waals surface area contributed by atoms with Crippen molar-refractivity contribution < 1.29 is 9.21 Å². The Morgan fingerprint density at radius 1 is 1.52 bits per heavy atom. The van der Waals surface area contributed by atoms with Crippen LogP contribution in [0.1, 0.15) is 37.3 Å². The molecule has 7 heteroatoms. The molecule has 0 aromatic carbocycles. The smallest absolute Gasteiger partial charge is 0.223 e. The van der Waals surface area contributed by atoms with E-state index in [1.165, 1.54) is 18.3 Å². The molecule has 2 aromatic heterocycles. The Morgan fingerprint density at radius 3 is 3.00 bits per heavy atom. The van der Waals surface area contributed by atoms with Crippen molar-refractivity contribution in [2.75, 3.05) is 18.4 Å². The van der Waals surface area contributed by atoms with E-state index in [4.69, 9.17) is 4.42 Å². The molecule has 0 bridgehead atoms. The van der Waals surface area contributed by atoms with E-state index in [9.17, 15) is 4.79 Å². The minimum Gasteiger partial charge on any atom is -0.449 e. The van der Waals surface area contributed by atoms with Gasteiger partial charge in [0, 0.05) is 24.8 Å². The van der Waals surface area contributed by atoms with Crippen LogP contribution in [0.5, 0.6) is 0 Å². The molecule has 0 atom stereocenters. The van der Waals surface area contributed by atoms with Gasteiger partial charge in [-0.2, -0.15) is 0 Å². The third-order valence-corrected chi connectivity index (χ3v) is 4.42. The van der Waals surface area contributed by atoms with Crippen molar-refractivity contribution >= 4 is 22.4 Å². The molecule has 1 aliphatic rings. The highest BCUT2D eigenvalue weighted by molar-refractivity contribution is 7.13. The summed E-state index contributed by atoms with van der Waals surface area (Å²) >= 11 is 1.47. The van der Waals surface area contributed by atoms with E-state index in [1.807, 2.05) is 5.38 Å². The predicted molar refractivity (Wildman–Crippen MR) is 80.2 cm³/mol. The van der Waals surface area contributed by atoms with Crippen LogP contribution in [0.25, 0.3) is 0 Å². The summed E-state index contributed by atoms with van der Waals surface area (Å²) in [6.07, 6.45) is 5.47. The fraction of sp³-hybridized carbons (Fsp3) is 0.500. The van der Waals surface area contributed by atoms with Crippen molar-refractivity contribution in [2.24, 2.45) is 0 Å². The molecule has 1 aliphatic heterocycles. The van der Waals surface area contributed by atoms with Gasteiger partial charge in [-0.15, -0.1) is 11.3 Å². The number of nitrogens with one attached hydrogen (secondary N) is 1. The molecule has 2 aromatic rings. The summed E-state index contributed by atoms with van der Waals surface area (Å²) in [7, 11) is 0. The van der Waals surface area contributed by atoms with E-state index in [2.05, 4.69) is 20.2 Å². The summed E-state index contributed by atoms with van der Waals surface area (Å²) in [6.45, 7) is 4.35. The summed E-state index contributed by atoms with van der Waals surface area (Å²) in [4.78, 5) is 22.0. The van der Waals surface area contributed by atoms with Gasteiger partial charge in [0.05, 0.1) is 11.9 Å². The number of anilines is 1. The molecule has 0 saturated carbocycles. The van der Waals surface area contributed by atoms with Crippen molar-refractivity contribution in [3.8, 4) is 0 Å². The van der Waals surface area contributed by atoms with Crippen molar-refractivity contribution in [3.63, 3.8) is 0 Å². The van der Waals surface area contributed by atoms with Gasteiger partial charge in [-0.25, -0.2) is 9.97 Å². The van der Waals surface area contributed by atoms with Gasteiger partial charge in [0.15, 0.2) is 11.0 Å². The number of thiazole rings is 1. The highest BCUT2D eigenvalue weighted by Crippen LogP contribution is 2.27. The lowest BCUT2D eigenvalue weighted by atomic mass is 9.97. The number of aromatic nitrogens is 2. The number of hydrogen-bond acceptors (Lipinski definition) is 6. The van der Waals surface area contributed by atoms with E-state index in [-0.39, 0.29) is 5.91 Å². The highest BCUT2D eigenvalue weighted by Gasteiger charge is 2.23. The van der Waals surface area contributed by atoms with Crippen molar-refractivity contribution in [1.82, 2.24) is 14.9 Å².